The highest BCUT2D eigenvalue weighted by Gasteiger charge is 2.53. The molecule has 1 aromatic heterocycles. The molecule has 3 N–H and O–H groups in total. The summed E-state index contributed by atoms with van der Waals surface area (Å²) in [6.45, 7) is 6.39. The summed E-state index contributed by atoms with van der Waals surface area (Å²) in [7, 11) is 0. The number of esters is 1. The van der Waals surface area contributed by atoms with Gasteiger partial charge in [0.15, 0.2) is 0 Å². The van der Waals surface area contributed by atoms with Gasteiger partial charge in [0.1, 0.15) is 23.9 Å². The average molecular weight is 656 g/mol. The summed E-state index contributed by atoms with van der Waals surface area (Å²) in [5, 5.41) is 3.38. The molecule has 11 heteroatoms. The SMILES string of the molecule is CCOC(=O)c1oc2ccccc2c1C1C[C@@H](C2CCCCC2)[C@@H](C(N)=O)N1C(=O)[C@H]1CC[C@H](C(CF)NC(=O)OC(C)(C)C)CC1. The van der Waals surface area contributed by atoms with Crippen LogP contribution in [0.1, 0.15) is 114 Å². The van der Waals surface area contributed by atoms with Crippen LogP contribution in [-0.4, -0.2) is 59.7 Å². The number of alkyl halides is 1. The maximum Gasteiger partial charge on any atom is 0.407 e. The van der Waals surface area contributed by atoms with Gasteiger partial charge in [-0.15, -0.1) is 0 Å². The van der Waals surface area contributed by atoms with E-state index < -0.39 is 54.3 Å². The van der Waals surface area contributed by atoms with Crippen molar-refractivity contribution in [2.24, 2.45) is 29.4 Å². The number of nitrogens with zero attached hydrogens (tertiary/aromatic N) is 1. The number of para-hydroxylation sites is 1. The van der Waals surface area contributed by atoms with Gasteiger partial charge in [-0.3, -0.25) is 9.59 Å². The molecule has 3 amide bonds. The zero-order valence-electron chi connectivity index (χ0n) is 28.1. The van der Waals surface area contributed by atoms with E-state index in [0.717, 1.165) is 32.1 Å². The van der Waals surface area contributed by atoms with E-state index in [-0.39, 0.29) is 36.0 Å². The van der Waals surface area contributed by atoms with Gasteiger partial charge in [-0.25, -0.2) is 14.0 Å². The number of nitrogens with one attached hydrogen (secondary N) is 1. The molecule has 1 aliphatic heterocycles. The van der Waals surface area contributed by atoms with Crippen molar-refractivity contribution in [3.8, 4) is 0 Å². The van der Waals surface area contributed by atoms with Crippen LogP contribution >= 0.6 is 0 Å². The van der Waals surface area contributed by atoms with Crippen LogP contribution in [0.4, 0.5) is 9.18 Å². The summed E-state index contributed by atoms with van der Waals surface area (Å²) in [4.78, 5) is 55.4. The lowest BCUT2D eigenvalue weighted by atomic mass is 9.75. The molecule has 3 aliphatic rings. The third-order valence-corrected chi connectivity index (χ3v) is 10.3. The fourth-order valence-electron chi connectivity index (χ4n) is 8.27. The molecule has 3 fully saturated rings. The first-order valence-corrected chi connectivity index (χ1v) is 17.3. The van der Waals surface area contributed by atoms with Crippen molar-refractivity contribution in [1.82, 2.24) is 10.2 Å². The van der Waals surface area contributed by atoms with E-state index in [1.54, 1.807) is 38.7 Å². The maximum absolute atomic E-state index is 14.7. The Bertz CT molecular complexity index is 1440. The first-order valence-electron chi connectivity index (χ1n) is 17.3. The van der Waals surface area contributed by atoms with Crippen molar-refractivity contribution < 1.29 is 37.5 Å². The summed E-state index contributed by atoms with van der Waals surface area (Å²) in [5.74, 6) is -1.82. The van der Waals surface area contributed by atoms with E-state index in [0.29, 0.717) is 48.6 Å². The van der Waals surface area contributed by atoms with Gasteiger partial charge >= 0.3 is 12.1 Å². The van der Waals surface area contributed by atoms with E-state index in [4.69, 9.17) is 19.6 Å². The van der Waals surface area contributed by atoms with Crippen LogP contribution in [-0.2, 0) is 19.1 Å². The molecule has 47 heavy (non-hydrogen) atoms. The van der Waals surface area contributed by atoms with Gasteiger partial charge in [0, 0.05) is 16.9 Å². The molecule has 10 nitrogen and oxygen atoms in total. The number of amides is 3. The number of primary amides is 1. The highest BCUT2D eigenvalue weighted by molar-refractivity contribution is 5.98. The fourth-order valence-corrected chi connectivity index (χ4v) is 8.27. The van der Waals surface area contributed by atoms with Crippen LogP contribution in [0.3, 0.4) is 0 Å². The number of halogens is 1. The van der Waals surface area contributed by atoms with Crippen LogP contribution in [0.25, 0.3) is 11.0 Å². The number of fused-ring (bicyclic) bond motifs is 1. The van der Waals surface area contributed by atoms with Gasteiger partial charge in [-0.05, 0) is 83.6 Å². The highest BCUT2D eigenvalue weighted by atomic mass is 19.1. The first-order chi connectivity index (χ1) is 22.4. The molecular formula is C36H50FN3O7. The monoisotopic (exact) mass is 655 g/mol. The predicted octanol–water partition coefficient (Wildman–Crippen LogP) is 6.60. The number of alkyl carbamates (subject to hydrolysis) is 1. The number of nitrogens with two attached hydrogens (primary N) is 1. The Morgan fingerprint density at radius 1 is 1.04 bits per heavy atom. The number of ether oxygens (including phenoxy) is 2. The van der Waals surface area contributed by atoms with Crippen LogP contribution in [0.5, 0.6) is 0 Å². The molecule has 0 radical (unpaired) electrons. The Labute approximate surface area is 276 Å². The second-order valence-electron chi connectivity index (χ2n) is 14.5. The lowest BCUT2D eigenvalue weighted by molar-refractivity contribution is -0.145. The van der Waals surface area contributed by atoms with Crippen molar-refractivity contribution in [2.45, 2.75) is 116 Å². The van der Waals surface area contributed by atoms with Crippen molar-refractivity contribution in [3.05, 3.63) is 35.6 Å². The third kappa shape index (κ3) is 7.59. The minimum absolute atomic E-state index is 0.0473. The molecule has 1 saturated heterocycles. The van der Waals surface area contributed by atoms with Gasteiger partial charge in [0.25, 0.3) is 0 Å². The molecule has 2 aliphatic carbocycles. The minimum Gasteiger partial charge on any atom is -0.460 e. The maximum atomic E-state index is 14.7. The van der Waals surface area contributed by atoms with Crippen LogP contribution in [0.2, 0.25) is 0 Å². The molecule has 2 saturated carbocycles. The second-order valence-corrected chi connectivity index (χ2v) is 14.5. The van der Waals surface area contributed by atoms with Gasteiger partial charge in [0.2, 0.25) is 17.6 Å². The van der Waals surface area contributed by atoms with Crippen molar-refractivity contribution in [2.75, 3.05) is 13.3 Å². The lowest BCUT2D eigenvalue weighted by Gasteiger charge is -2.38. The molecule has 1 aromatic carbocycles. The number of carbonyl (C=O) groups is 4. The quantitative estimate of drug-likeness (QED) is 0.290. The third-order valence-electron chi connectivity index (χ3n) is 10.3. The number of furan rings is 1. The molecule has 4 atom stereocenters. The normalized spacial score (nSPS) is 26.1. The number of carbonyl (C=O) groups excluding carboxylic acids is 4. The molecule has 2 aromatic rings. The fraction of sp³-hybridized carbons (Fsp3) is 0.667. The van der Waals surface area contributed by atoms with E-state index in [2.05, 4.69) is 5.32 Å². The summed E-state index contributed by atoms with van der Waals surface area (Å²) in [6.07, 6.45) is 6.98. The van der Waals surface area contributed by atoms with Crippen LogP contribution < -0.4 is 11.1 Å². The molecular weight excluding hydrogens is 605 g/mol. The van der Waals surface area contributed by atoms with Crippen molar-refractivity contribution >= 4 is 34.8 Å². The standard InChI is InChI=1S/C36H50FN3O7/c1-5-45-34(43)31-29(24-13-9-10-14-28(24)46-31)27-19-25(21-11-7-6-8-12-21)30(32(38)41)40(27)33(42)23-17-15-22(16-18-23)26(20-37)39-35(44)47-36(2,3)4/h9-10,13-14,21-23,25-27,30H,5-8,11-12,15-20H2,1-4H3,(H2,38,41)(H,39,44)/t22-,23-,25-,26?,27?,30-/m0/s1. The van der Waals surface area contributed by atoms with E-state index in [9.17, 15) is 23.6 Å². The van der Waals surface area contributed by atoms with E-state index in [1.807, 2.05) is 18.2 Å². The van der Waals surface area contributed by atoms with Crippen LogP contribution in [0, 0.1) is 23.7 Å². The van der Waals surface area contributed by atoms with Crippen LogP contribution in [0.15, 0.2) is 28.7 Å². The molecule has 5 rings (SSSR count). The molecule has 0 spiro atoms. The van der Waals surface area contributed by atoms with Crippen molar-refractivity contribution in [1.29, 1.82) is 0 Å². The number of hydrogen-bond donors (Lipinski definition) is 2. The largest absolute Gasteiger partial charge is 0.460 e. The Morgan fingerprint density at radius 3 is 2.34 bits per heavy atom. The topological polar surface area (TPSA) is 141 Å². The van der Waals surface area contributed by atoms with Gasteiger partial charge in [-0.1, -0.05) is 50.3 Å². The molecule has 258 valence electrons. The number of rotatable bonds is 9. The zero-order chi connectivity index (χ0) is 33.9. The average Bonchev–Trinajstić information content (AvgIpc) is 3.62. The number of benzene rings is 1. The summed E-state index contributed by atoms with van der Waals surface area (Å²) in [6, 6.07) is 5.16. The summed E-state index contributed by atoms with van der Waals surface area (Å²) in [5.41, 5.74) is 6.51. The Morgan fingerprint density at radius 2 is 1.72 bits per heavy atom. The second kappa shape index (κ2) is 14.6. The van der Waals surface area contributed by atoms with Gasteiger partial charge in [0.05, 0.1) is 18.7 Å². The van der Waals surface area contributed by atoms with Gasteiger partial charge in [-0.2, -0.15) is 0 Å². The number of likely N-dealkylation sites (tertiary alicyclic amines) is 1. The molecule has 2 unspecified atom stereocenters. The predicted molar refractivity (Wildman–Crippen MR) is 174 cm³/mol. The highest BCUT2D eigenvalue weighted by Crippen LogP contribution is 2.51. The lowest BCUT2D eigenvalue weighted by Crippen LogP contribution is -2.51. The smallest absolute Gasteiger partial charge is 0.407 e. The van der Waals surface area contributed by atoms with E-state index >= 15 is 0 Å². The Hall–Kier alpha value is -3.63. The molecule has 0 bridgehead atoms. The van der Waals surface area contributed by atoms with Crippen molar-refractivity contribution in [3.63, 3.8) is 0 Å². The number of hydrogen-bond acceptors (Lipinski definition) is 7. The molecule has 2 heterocycles. The zero-order valence-corrected chi connectivity index (χ0v) is 28.1. The Kier molecular flexibility index (Phi) is 10.8. The first kappa shape index (κ1) is 34.7. The van der Waals surface area contributed by atoms with E-state index in [1.165, 1.54) is 0 Å². The summed E-state index contributed by atoms with van der Waals surface area (Å²) < 4.78 is 31.0. The minimum atomic E-state index is -0.829. The Balaban J connectivity index is 1.45. The summed E-state index contributed by atoms with van der Waals surface area (Å²) >= 11 is 0. The van der Waals surface area contributed by atoms with Gasteiger partial charge < -0.3 is 29.8 Å².